The van der Waals surface area contributed by atoms with Crippen molar-refractivity contribution in [1.82, 2.24) is 0 Å². The predicted molar refractivity (Wildman–Crippen MR) is 106 cm³/mol. The SMILES string of the molecule is C=C(C)C(=O)OCCCC1CS[C@H](c2cccc3ccccc23)S1. The average molecular weight is 359 g/mol. The molecule has 0 saturated carbocycles. The van der Waals surface area contributed by atoms with Crippen LogP contribution in [0, 0.1) is 0 Å². The molecule has 0 N–H and O–H groups in total. The van der Waals surface area contributed by atoms with Gasteiger partial charge < -0.3 is 4.74 Å². The molecule has 3 rings (SSSR count). The molecule has 0 spiro atoms. The summed E-state index contributed by atoms with van der Waals surface area (Å²) in [7, 11) is 0. The van der Waals surface area contributed by atoms with Gasteiger partial charge in [-0.05, 0) is 36.1 Å². The maximum absolute atomic E-state index is 11.4. The molecule has 1 aliphatic rings. The van der Waals surface area contributed by atoms with Crippen LogP contribution < -0.4 is 0 Å². The second-order valence-electron chi connectivity index (χ2n) is 6.05. The number of carbonyl (C=O) groups is 1. The van der Waals surface area contributed by atoms with Crippen molar-refractivity contribution in [2.75, 3.05) is 12.4 Å². The fourth-order valence-corrected chi connectivity index (χ4v) is 6.33. The molecule has 0 amide bonds. The molecule has 1 aliphatic heterocycles. The highest BCUT2D eigenvalue weighted by atomic mass is 32.2. The van der Waals surface area contributed by atoms with Crippen molar-refractivity contribution in [2.24, 2.45) is 0 Å². The first-order valence-corrected chi connectivity index (χ1v) is 10.2. The van der Waals surface area contributed by atoms with E-state index in [-0.39, 0.29) is 5.97 Å². The van der Waals surface area contributed by atoms with Crippen LogP contribution in [0.15, 0.2) is 54.6 Å². The molecule has 1 saturated heterocycles. The minimum atomic E-state index is -0.280. The zero-order valence-electron chi connectivity index (χ0n) is 13.9. The number of ether oxygens (including phenoxy) is 1. The van der Waals surface area contributed by atoms with E-state index in [1.807, 2.05) is 23.5 Å². The molecule has 0 radical (unpaired) electrons. The number of thioether (sulfide) groups is 2. The third-order valence-corrected chi connectivity index (χ3v) is 7.47. The van der Waals surface area contributed by atoms with Crippen LogP contribution >= 0.6 is 23.5 Å². The summed E-state index contributed by atoms with van der Waals surface area (Å²) >= 11 is 4.08. The van der Waals surface area contributed by atoms with Gasteiger partial charge >= 0.3 is 5.97 Å². The zero-order valence-corrected chi connectivity index (χ0v) is 15.5. The van der Waals surface area contributed by atoms with Crippen molar-refractivity contribution in [2.45, 2.75) is 29.6 Å². The minimum absolute atomic E-state index is 0.280. The van der Waals surface area contributed by atoms with Crippen LogP contribution in [0.5, 0.6) is 0 Å². The Morgan fingerprint density at radius 1 is 1.25 bits per heavy atom. The van der Waals surface area contributed by atoms with Gasteiger partial charge in [-0.25, -0.2) is 4.79 Å². The maximum Gasteiger partial charge on any atom is 0.333 e. The van der Waals surface area contributed by atoms with Gasteiger partial charge in [0.15, 0.2) is 0 Å². The van der Waals surface area contributed by atoms with E-state index in [1.165, 1.54) is 16.3 Å². The first-order valence-electron chi connectivity index (χ1n) is 8.22. The average Bonchev–Trinajstić information content (AvgIpc) is 3.06. The van der Waals surface area contributed by atoms with E-state index in [1.54, 1.807) is 6.92 Å². The van der Waals surface area contributed by atoms with Crippen molar-refractivity contribution in [1.29, 1.82) is 0 Å². The summed E-state index contributed by atoms with van der Waals surface area (Å²) < 4.78 is 5.68. The summed E-state index contributed by atoms with van der Waals surface area (Å²) in [5.41, 5.74) is 1.90. The van der Waals surface area contributed by atoms with E-state index >= 15 is 0 Å². The maximum atomic E-state index is 11.4. The number of rotatable bonds is 6. The van der Waals surface area contributed by atoms with Gasteiger partial charge in [0, 0.05) is 16.6 Å². The zero-order chi connectivity index (χ0) is 16.9. The molecule has 0 aromatic heterocycles. The second-order valence-corrected chi connectivity index (χ2v) is 8.90. The molecule has 126 valence electrons. The molecule has 0 bridgehead atoms. The highest BCUT2D eigenvalue weighted by Gasteiger charge is 2.27. The molecule has 1 heterocycles. The Kier molecular flexibility index (Phi) is 5.90. The normalized spacial score (nSPS) is 20.2. The van der Waals surface area contributed by atoms with E-state index in [0.29, 0.717) is 22.0 Å². The summed E-state index contributed by atoms with van der Waals surface area (Å²) in [6.07, 6.45) is 2.00. The smallest absolute Gasteiger partial charge is 0.333 e. The molecule has 2 nitrogen and oxygen atoms in total. The quantitative estimate of drug-likeness (QED) is 0.382. The highest BCUT2D eigenvalue weighted by molar-refractivity contribution is 8.19. The number of hydrogen-bond acceptors (Lipinski definition) is 4. The van der Waals surface area contributed by atoms with Gasteiger partial charge in [-0.1, -0.05) is 49.0 Å². The van der Waals surface area contributed by atoms with Gasteiger partial charge in [0.05, 0.1) is 11.2 Å². The van der Waals surface area contributed by atoms with Crippen LogP contribution in [0.25, 0.3) is 10.8 Å². The van der Waals surface area contributed by atoms with Crippen LogP contribution in [-0.2, 0) is 9.53 Å². The molecule has 2 aromatic rings. The van der Waals surface area contributed by atoms with Gasteiger partial charge in [0.25, 0.3) is 0 Å². The van der Waals surface area contributed by atoms with Crippen LogP contribution in [0.1, 0.15) is 29.9 Å². The van der Waals surface area contributed by atoms with Crippen LogP contribution in [0.2, 0.25) is 0 Å². The predicted octanol–water partition coefficient (Wildman–Crippen LogP) is 5.59. The Labute approximate surface area is 152 Å². The van der Waals surface area contributed by atoms with Crippen molar-refractivity contribution in [3.05, 3.63) is 60.2 Å². The minimum Gasteiger partial charge on any atom is -0.462 e. The Balaban J connectivity index is 1.54. The van der Waals surface area contributed by atoms with E-state index in [4.69, 9.17) is 4.74 Å². The van der Waals surface area contributed by atoms with Crippen LogP contribution in [0.3, 0.4) is 0 Å². The number of hydrogen-bond donors (Lipinski definition) is 0. The van der Waals surface area contributed by atoms with Crippen LogP contribution in [0.4, 0.5) is 0 Å². The summed E-state index contributed by atoms with van der Waals surface area (Å²) in [6, 6.07) is 15.2. The standard InChI is InChI=1S/C20H22O2S2/c1-14(2)19(21)22-12-6-9-16-13-23-20(24-16)18-11-5-8-15-7-3-4-10-17(15)18/h3-5,7-8,10-11,16,20H,1,6,9,12-13H2,2H3/t16?,20-/m0/s1. The third kappa shape index (κ3) is 4.17. The summed E-state index contributed by atoms with van der Waals surface area (Å²) in [5, 5.41) is 3.30. The summed E-state index contributed by atoms with van der Waals surface area (Å²) in [5.74, 6) is 0.879. The van der Waals surface area contributed by atoms with Crippen molar-refractivity contribution < 1.29 is 9.53 Å². The lowest BCUT2D eigenvalue weighted by molar-refractivity contribution is -0.139. The van der Waals surface area contributed by atoms with Crippen LogP contribution in [-0.4, -0.2) is 23.6 Å². The first kappa shape index (κ1) is 17.4. The summed E-state index contributed by atoms with van der Waals surface area (Å²) in [6.45, 7) is 5.77. The molecular formula is C20H22O2S2. The molecule has 24 heavy (non-hydrogen) atoms. The number of carbonyl (C=O) groups excluding carboxylic acids is 1. The monoisotopic (exact) mass is 358 g/mol. The van der Waals surface area contributed by atoms with Gasteiger partial charge in [0.2, 0.25) is 0 Å². The Hall–Kier alpha value is -1.39. The van der Waals surface area contributed by atoms with Gasteiger partial charge in [-0.3, -0.25) is 0 Å². The lowest BCUT2D eigenvalue weighted by Gasteiger charge is -2.13. The largest absolute Gasteiger partial charge is 0.462 e. The lowest BCUT2D eigenvalue weighted by Crippen LogP contribution is -2.08. The molecule has 4 heteroatoms. The molecule has 2 atom stereocenters. The molecule has 0 aliphatic carbocycles. The molecule has 1 unspecified atom stereocenters. The Bertz CT molecular complexity index is 736. The van der Waals surface area contributed by atoms with E-state index in [2.05, 4.69) is 49.0 Å². The van der Waals surface area contributed by atoms with Crippen molar-refractivity contribution in [3.8, 4) is 0 Å². The van der Waals surface area contributed by atoms with E-state index in [0.717, 1.165) is 18.6 Å². The number of fused-ring (bicyclic) bond motifs is 1. The molecular weight excluding hydrogens is 336 g/mol. The third-order valence-electron chi connectivity index (χ3n) is 4.08. The highest BCUT2D eigenvalue weighted by Crippen LogP contribution is 2.51. The molecule has 2 aromatic carbocycles. The number of esters is 1. The Morgan fingerprint density at radius 2 is 2.04 bits per heavy atom. The Morgan fingerprint density at radius 3 is 2.88 bits per heavy atom. The van der Waals surface area contributed by atoms with Crippen molar-refractivity contribution >= 4 is 40.3 Å². The van der Waals surface area contributed by atoms with E-state index < -0.39 is 0 Å². The first-order chi connectivity index (χ1) is 11.6. The van der Waals surface area contributed by atoms with Gasteiger partial charge in [0.1, 0.15) is 0 Å². The van der Waals surface area contributed by atoms with Gasteiger partial charge in [-0.2, -0.15) is 0 Å². The van der Waals surface area contributed by atoms with Gasteiger partial charge in [-0.15, -0.1) is 23.5 Å². The lowest BCUT2D eigenvalue weighted by atomic mass is 10.1. The fourth-order valence-electron chi connectivity index (χ4n) is 2.82. The van der Waals surface area contributed by atoms with E-state index in [9.17, 15) is 4.79 Å². The summed E-state index contributed by atoms with van der Waals surface area (Å²) in [4.78, 5) is 11.4. The second kappa shape index (κ2) is 8.13. The topological polar surface area (TPSA) is 26.3 Å². The molecule has 1 fully saturated rings. The fraction of sp³-hybridized carbons (Fsp3) is 0.350. The number of benzene rings is 2. The van der Waals surface area contributed by atoms with Crippen molar-refractivity contribution in [3.63, 3.8) is 0 Å².